The van der Waals surface area contributed by atoms with Gasteiger partial charge >= 0.3 is 0 Å². The summed E-state index contributed by atoms with van der Waals surface area (Å²) in [5, 5.41) is 0. The predicted octanol–water partition coefficient (Wildman–Crippen LogP) is 1.28. The second kappa shape index (κ2) is 2.05. The van der Waals surface area contributed by atoms with Gasteiger partial charge in [-0.1, -0.05) is 0 Å². The van der Waals surface area contributed by atoms with Crippen LogP contribution >= 0.6 is 0 Å². The highest BCUT2D eigenvalue weighted by Crippen LogP contribution is 2.07. The van der Waals surface area contributed by atoms with Gasteiger partial charge in [0.2, 0.25) is 0 Å². The Morgan fingerprint density at radius 1 is 1.67 bits per heavy atom. The van der Waals surface area contributed by atoms with Crippen LogP contribution in [0.5, 0.6) is 0 Å². The fourth-order valence-corrected chi connectivity index (χ4v) is 0.548. The van der Waals surface area contributed by atoms with Crippen molar-refractivity contribution in [2.24, 2.45) is 0 Å². The van der Waals surface area contributed by atoms with Gasteiger partial charge < -0.3 is 5.73 Å². The third kappa shape index (κ3) is 1.19. The molecule has 1 heterocycles. The van der Waals surface area contributed by atoms with Crippen molar-refractivity contribution >= 4 is 5.69 Å². The third-order valence-corrected chi connectivity index (χ3v) is 1.10. The quantitative estimate of drug-likeness (QED) is 0.565. The molecule has 0 fully saturated rings. The van der Waals surface area contributed by atoms with Crippen LogP contribution in [0.4, 0.5) is 5.69 Å². The molecule has 1 aromatic rings. The Balaban J connectivity index is 3.46. The average Bonchev–Trinajstić information content (AvgIpc) is 1.97. The lowest BCUT2D eigenvalue weighted by atomic mass is 10.2. The number of aromatic nitrogens is 1. The SMILES string of the molecule is [2H]c1nc(C)c(N)c([2H])c1C. The zero-order chi connectivity index (χ0) is 8.59. The zero-order valence-electron chi connectivity index (χ0n) is 7.52. The van der Waals surface area contributed by atoms with Gasteiger partial charge in [0.25, 0.3) is 0 Å². The Kier molecular flexibility index (Phi) is 0.884. The van der Waals surface area contributed by atoms with Gasteiger partial charge in [-0.2, -0.15) is 0 Å². The maximum absolute atomic E-state index is 7.44. The molecule has 0 amide bonds. The van der Waals surface area contributed by atoms with Crippen molar-refractivity contribution in [2.75, 3.05) is 5.73 Å². The van der Waals surface area contributed by atoms with E-state index in [9.17, 15) is 0 Å². The van der Waals surface area contributed by atoms with Crippen LogP contribution in [-0.2, 0) is 0 Å². The van der Waals surface area contributed by atoms with Crippen LogP contribution in [-0.4, -0.2) is 4.98 Å². The van der Waals surface area contributed by atoms with E-state index in [0.717, 1.165) is 0 Å². The molecule has 0 unspecified atom stereocenters. The smallest absolute Gasteiger partial charge is 0.0843 e. The molecule has 9 heavy (non-hydrogen) atoms. The molecule has 0 aliphatic carbocycles. The third-order valence-electron chi connectivity index (χ3n) is 1.10. The Bertz CT molecular complexity index is 271. The molecule has 0 spiro atoms. The Hall–Kier alpha value is -1.05. The van der Waals surface area contributed by atoms with Gasteiger partial charge in [0, 0.05) is 6.17 Å². The van der Waals surface area contributed by atoms with Crippen molar-refractivity contribution in [1.82, 2.24) is 4.98 Å². The van der Waals surface area contributed by atoms with Crippen LogP contribution in [0, 0.1) is 13.8 Å². The number of aryl methyl sites for hydroxylation is 1. The van der Waals surface area contributed by atoms with Crippen molar-refractivity contribution in [2.45, 2.75) is 13.8 Å². The molecule has 2 nitrogen and oxygen atoms in total. The number of rotatable bonds is 0. The van der Waals surface area contributed by atoms with Crippen LogP contribution in [0.1, 0.15) is 14.0 Å². The summed E-state index contributed by atoms with van der Waals surface area (Å²) in [4.78, 5) is 3.86. The minimum absolute atomic E-state index is 0.140. The van der Waals surface area contributed by atoms with E-state index in [1.54, 1.807) is 13.8 Å². The fourth-order valence-electron chi connectivity index (χ4n) is 0.548. The number of pyridine rings is 1. The van der Waals surface area contributed by atoms with Gasteiger partial charge in [-0.15, -0.1) is 0 Å². The molecule has 1 aromatic heterocycles. The molecular formula is C7H10N2. The number of hydrogen-bond acceptors (Lipinski definition) is 2. The zero-order valence-corrected chi connectivity index (χ0v) is 5.52. The van der Waals surface area contributed by atoms with E-state index in [4.69, 9.17) is 8.48 Å². The predicted molar refractivity (Wildman–Crippen MR) is 38.1 cm³/mol. The molecule has 0 aliphatic heterocycles. The van der Waals surface area contributed by atoms with E-state index in [1.807, 2.05) is 0 Å². The van der Waals surface area contributed by atoms with Crippen molar-refractivity contribution in [1.29, 1.82) is 0 Å². The van der Waals surface area contributed by atoms with E-state index in [2.05, 4.69) is 4.98 Å². The summed E-state index contributed by atoms with van der Waals surface area (Å²) in [6.45, 7) is 3.37. The molecule has 0 saturated carbocycles. The van der Waals surface area contributed by atoms with Crippen LogP contribution in [0.3, 0.4) is 0 Å². The van der Waals surface area contributed by atoms with E-state index >= 15 is 0 Å². The number of anilines is 1. The van der Waals surface area contributed by atoms with Crippen molar-refractivity contribution in [3.05, 3.63) is 23.5 Å². The monoisotopic (exact) mass is 124 g/mol. The molecular weight excluding hydrogens is 112 g/mol. The van der Waals surface area contributed by atoms with E-state index in [0.29, 0.717) is 16.9 Å². The van der Waals surface area contributed by atoms with E-state index in [1.165, 1.54) is 0 Å². The largest absolute Gasteiger partial charge is 0.397 e. The molecule has 2 heteroatoms. The topological polar surface area (TPSA) is 38.9 Å². The summed E-state index contributed by atoms with van der Waals surface area (Å²) in [5.41, 5.74) is 6.99. The summed E-state index contributed by atoms with van der Waals surface area (Å²) < 4.78 is 14.8. The van der Waals surface area contributed by atoms with Gasteiger partial charge in [-0.05, 0) is 25.5 Å². The molecule has 0 aromatic carbocycles. The van der Waals surface area contributed by atoms with Crippen molar-refractivity contribution < 1.29 is 2.74 Å². The van der Waals surface area contributed by atoms with E-state index in [-0.39, 0.29) is 12.2 Å². The summed E-state index contributed by atoms with van der Waals surface area (Å²) in [5.74, 6) is 0. The van der Waals surface area contributed by atoms with E-state index < -0.39 is 0 Å². The van der Waals surface area contributed by atoms with Crippen LogP contribution < -0.4 is 5.73 Å². The first-order valence-corrected chi connectivity index (χ1v) is 2.74. The van der Waals surface area contributed by atoms with Crippen molar-refractivity contribution in [3.8, 4) is 0 Å². The highest BCUT2D eigenvalue weighted by Gasteiger charge is 1.91. The van der Waals surface area contributed by atoms with Crippen LogP contribution in [0.2, 0.25) is 0 Å². The highest BCUT2D eigenvalue weighted by molar-refractivity contribution is 5.43. The minimum atomic E-state index is 0.140. The molecule has 1 rings (SSSR count). The lowest BCUT2D eigenvalue weighted by Gasteiger charge is -1.97. The molecule has 0 radical (unpaired) electrons. The maximum Gasteiger partial charge on any atom is 0.0843 e. The highest BCUT2D eigenvalue weighted by atomic mass is 14.7. The fraction of sp³-hybridized carbons (Fsp3) is 0.286. The van der Waals surface area contributed by atoms with Gasteiger partial charge in [0.1, 0.15) is 0 Å². The standard InChI is InChI=1S/C7H10N2/c1-5-3-7(8)6(2)9-4-5/h3-4H,8H2,1-2H3/i3D,4D. The number of nitrogens with zero attached hydrogens (tertiary/aromatic N) is 1. The summed E-state index contributed by atoms with van der Waals surface area (Å²) in [6.07, 6.45) is 0.140. The first-order valence-electron chi connectivity index (χ1n) is 3.74. The molecule has 48 valence electrons. The van der Waals surface area contributed by atoms with Crippen LogP contribution in [0.25, 0.3) is 0 Å². The maximum atomic E-state index is 7.44. The average molecular weight is 124 g/mol. The first-order chi connectivity index (χ1) is 5.04. The number of hydrogen-bond donors (Lipinski definition) is 1. The number of nitrogens with two attached hydrogens (primary N) is 1. The van der Waals surface area contributed by atoms with Gasteiger partial charge in [-0.25, -0.2) is 0 Å². The molecule has 0 saturated heterocycles. The van der Waals surface area contributed by atoms with Crippen LogP contribution in [0.15, 0.2) is 12.2 Å². The summed E-state index contributed by atoms with van der Waals surface area (Å²) >= 11 is 0. The Morgan fingerprint density at radius 3 is 3.00 bits per heavy atom. The number of nitrogen functional groups attached to an aromatic ring is 1. The van der Waals surface area contributed by atoms with Crippen molar-refractivity contribution in [3.63, 3.8) is 0 Å². The summed E-state index contributed by atoms with van der Waals surface area (Å²) in [7, 11) is 0. The Labute approximate surface area is 57.5 Å². The van der Waals surface area contributed by atoms with Gasteiger partial charge in [0.15, 0.2) is 0 Å². The molecule has 2 N–H and O–H groups in total. The normalized spacial score (nSPS) is 12.7. The minimum Gasteiger partial charge on any atom is -0.397 e. The summed E-state index contributed by atoms with van der Waals surface area (Å²) in [6, 6.07) is 0.225. The second-order valence-electron chi connectivity index (χ2n) is 1.97. The molecule has 0 bridgehead atoms. The Morgan fingerprint density at radius 2 is 2.33 bits per heavy atom. The molecule has 0 atom stereocenters. The van der Waals surface area contributed by atoms with Gasteiger partial charge in [-0.3, -0.25) is 4.98 Å². The second-order valence-corrected chi connectivity index (χ2v) is 1.97. The van der Waals surface area contributed by atoms with Gasteiger partial charge in [0.05, 0.1) is 14.1 Å². The first kappa shape index (κ1) is 3.88. The lowest BCUT2D eigenvalue weighted by Crippen LogP contribution is -1.92. The molecule has 0 aliphatic rings. The lowest BCUT2D eigenvalue weighted by molar-refractivity contribution is 1.18.